The molecule has 0 bridgehead atoms. The summed E-state index contributed by atoms with van der Waals surface area (Å²) < 4.78 is 5.00. The number of nitrogens with zero attached hydrogens (tertiary/aromatic N) is 3. The van der Waals surface area contributed by atoms with E-state index in [1.807, 2.05) is 61.5 Å². The maximum Gasteiger partial charge on any atom is 0.354 e. The molecule has 3 aromatic rings. The lowest BCUT2D eigenvalue weighted by molar-refractivity contribution is 0.0520. The normalized spacial score (nSPS) is 11.2. The highest BCUT2D eigenvalue weighted by Gasteiger charge is 2.10. The zero-order valence-corrected chi connectivity index (χ0v) is 14.5. The van der Waals surface area contributed by atoms with Gasteiger partial charge in [-0.05, 0) is 55.5 Å². The van der Waals surface area contributed by atoms with Crippen molar-refractivity contribution in [1.82, 2.24) is 4.98 Å². The van der Waals surface area contributed by atoms with Crippen molar-refractivity contribution in [3.8, 4) is 0 Å². The number of carbonyl (C=O) groups is 1. The molecule has 3 rings (SSSR count). The number of H-pyrrole nitrogens is 1. The van der Waals surface area contributed by atoms with Gasteiger partial charge in [0.2, 0.25) is 0 Å². The summed E-state index contributed by atoms with van der Waals surface area (Å²) in [6.07, 6.45) is 0. The molecule has 0 saturated carbocycles. The molecular formula is C19H20N4O2. The summed E-state index contributed by atoms with van der Waals surface area (Å²) in [6, 6.07) is 15.2. The van der Waals surface area contributed by atoms with Crippen LogP contribution in [0.25, 0.3) is 10.9 Å². The van der Waals surface area contributed by atoms with E-state index in [2.05, 4.69) is 15.2 Å². The second-order valence-corrected chi connectivity index (χ2v) is 5.79. The number of azo groups is 1. The molecule has 0 spiro atoms. The maximum atomic E-state index is 11.8. The average molecular weight is 336 g/mol. The summed E-state index contributed by atoms with van der Waals surface area (Å²) in [5, 5.41) is 9.42. The van der Waals surface area contributed by atoms with E-state index in [0.29, 0.717) is 12.3 Å². The van der Waals surface area contributed by atoms with Gasteiger partial charge in [0.05, 0.1) is 18.0 Å². The largest absolute Gasteiger partial charge is 0.461 e. The molecule has 0 aliphatic carbocycles. The van der Waals surface area contributed by atoms with E-state index in [0.717, 1.165) is 28.0 Å². The van der Waals surface area contributed by atoms with Crippen molar-refractivity contribution in [2.75, 3.05) is 25.6 Å². The molecule has 0 amide bonds. The molecule has 6 nitrogen and oxygen atoms in total. The number of carbonyl (C=O) groups excluding carboxylic acids is 1. The third-order valence-corrected chi connectivity index (χ3v) is 3.75. The molecule has 0 fully saturated rings. The Balaban J connectivity index is 1.80. The fraction of sp³-hybridized carbons (Fsp3) is 0.211. The van der Waals surface area contributed by atoms with Crippen LogP contribution in [0.15, 0.2) is 58.8 Å². The van der Waals surface area contributed by atoms with E-state index in [9.17, 15) is 4.79 Å². The van der Waals surface area contributed by atoms with Crippen molar-refractivity contribution in [3.05, 3.63) is 54.2 Å². The highest BCUT2D eigenvalue weighted by atomic mass is 16.5. The first-order valence-electron chi connectivity index (χ1n) is 8.06. The first kappa shape index (κ1) is 16.7. The Morgan fingerprint density at radius 2 is 1.72 bits per heavy atom. The standard InChI is InChI=1S/C19H20N4O2/c1-4-25-19(24)18-12-13-11-15(7-10-17(13)20-18)22-21-14-5-8-16(9-6-14)23(2)3/h5-12,20H,4H2,1-3H3/b22-21+. The number of aromatic amines is 1. The van der Waals surface area contributed by atoms with Crippen molar-refractivity contribution in [3.63, 3.8) is 0 Å². The van der Waals surface area contributed by atoms with E-state index in [1.54, 1.807) is 13.0 Å². The molecule has 1 heterocycles. The molecule has 6 heteroatoms. The van der Waals surface area contributed by atoms with E-state index in [1.165, 1.54) is 0 Å². The van der Waals surface area contributed by atoms with Gasteiger partial charge in [0.1, 0.15) is 5.69 Å². The van der Waals surface area contributed by atoms with Crippen molar-refractivity contribution in [2.45, 2.75) is 6.92 Å². The number of benzene rings is 2. The molecule has 0 atom stereocenters. The summed E-state index contributed by atoms with van der Waals surface area (Å²) in [6.45, 7) is 2.13. The molecular weight excluding hydrogens is 316 g/mol. The van der Waals surface area contributed by atoms with Gasteiger partial charge in [0.25, 0.3) is 0 Å². The van der Waals surface area contributed by atoms with Gasteiger partial charge >= 0.3 is 5.97 Å². The van der Waals surface area contributed by atoms with Crippen LogP contribution in [0.1, 0.15) is 17.4 Å². The Morgan fingerprint density at radius 3 is 2.40 bits per heavy atom. The van der Waals surface area contributed by atoms with Gasteiger partial charge < -0.3 is 14.6 Å². The lowest BCUT2D eigenvalue weighted by Crippen LogP contribution is -2.07. The van der Waals surface area contributed by atoms with Gasteiger partial charge in [0, 0.05) is 30.7 Å². The number of aromatic nitrogens is 1. The molecule has 128 valence electrons. The van der Waals surface area contributed by atoms with Crippen LogP contribution in [0.3, 0.4) is 0 Å². The van der Waals surface area contributed by atoms with Crippen LogP contribution >= 0.6 is 0 Å². The zero-order chi connectivity index (χ0) is 17.8. The summed E-state index contributed by atoms with van der Waals surface area (Å²) in [7, 11) is 3.99. The highest BCUT2D eigenvalue weighted by Crippen LogP contribution is 2.25. The fourth-order valence-corrected chi connectivity index (χ4v) is 2.43. The van der Waals surface area contributed by atoms with Crippen molar-refractivity contribution in [2.24, 2.45) is 10.2 Å². The van der Waals surface area contributed by atoms with Crippen LogP contribution in [0.4, 0.5) is 17.1 Å². The minimum Gasteiger partial charge on any atom is -0.461 e. The molecule has 0 radical (unpaired) electrons. The first-order chi connectivity index (χ1) is 12.1. The van der Waals surface area contributed by atoms with Gasteiger partial charge in [-0.3, -0.25) is 0 Å². The number of nitrogens with one attached hydrogen (secondary N) is 1. The minimum atomic E-state index is -0.358. The Kier molecular flexibility index (Phi) is 4.79. The van der Waals surface area contributed by atoms with Crippen molar-refractivity contribution in [1.29, 1.82) is 0 Å². The van der Waals surface area contributed by atoms with Crippen LogP contribution in [0, 0.1) is 0 Å². The van der Waals surface area contributed by atoms with Gasteiger partial charge in [-0.2, -0.15) is 10.2 Å². The van der Waals surface area contributed by atoms with E-state index < -0.39 is 0 Å². The quantitative estimate of drug-likeness (QED) is 0.536. The molecule has 25 heavy (non-hydrogen) atoms. The molecule has 1 aromatic heterocycles. The maximum absolute atomic E-state index is 11.8. The van der Waals surface area contributed by atoms with E-state index >= 15 is 0 Å². The van der Waals surface area contributed by atoms with Crippen LogP contribution in [-0.2, 0) is 4.74 Å². The number of esters is 1. The van der Waals surface area contributed by atoms with Crippen LogP contribution in [0.2, 0.25) is 0 Å². The van der Waals surface area contributed by atoms with Crippen LogP contribution in [-0.4, -0.2) is 31.7 Å². The zero-order valence-electron chi connectivity index (χ0n) is 14.5. The third-order valence-electron chi connectivity index (χ3n) is 3.75. The Labute approximate surface area is 146 Å². The molecule has 0 aliphatic heterocycles. The topological polar surface area (TPSA) is 70.0 Å². The third kappa shape index (κ3) is 3.85. The fourth-order valence-electron chi connectivity index (χ4n) is 2.43. The summed E-state index contributed by atoms with van der Waals surface area (Å²) >= 11 is 0. The molecule has 0 unspecified atom stereocenters. The molecule has 0 aliphatic rings. The molecule has 1 N–H and O–H groups in total. The monoisotopic (exact) mass is 336 g/mol. The number of hydrogen-bond acceptors (Lipinski definition) is 5. The van der Waals surface area contributed by atoms with Crippen molar-refractivity contribution >= 4 is 33.9 Å². The van der Waals surface area contributed by atoms with Gasteiger partial charge in [0.15, 0.2) is 0 Å². The number of hydrogen-bond donors (Lipinski definition) is 1. The minimum absolute atomic E-state index is 0.347. The first-order valence-corrected chi connectivity index (χ1v) is 8.06. The summed E-state index contributed by atoms with van der Waals surface area (Å²) in [4.78, 5) is 16.9. The van der Waals surface area contributed by atoms with Crippen LogP contribution in [0.5, 0.6) is 0 Å². The Bertz CT molecular complexity index is 911. The number of fused-ring (bicyclic) bond motifs is 1. The Hall–Kier alpha value is -3.15. The molecule has 0 saturated heterocycles. The van der Waals surface area contributed by atoms with E-state index in [-0.39, 0.29) is 5.97 Å². The highest BCUT2D eigenvalue weighted by molar-refractivity contribution is 5.95. The number of rotatable bonds is 5. The lowest BCUT2D eigenvalue weighted by Gasteiger charge is -2.11. The summed E-state index contributed by atoms with van der Waals surface area (Å²) in [5.74, 6) is -0.358. The second-order valence-electron chi connectivity index (χ2n) is 5.79. The smallest absolute Gasteiger partial charge is 0.354 e. The second kappa shape index (κ2) is 7.17. The van der Waals surface area contributed by atoms with Gasteiger partial charge in [-0.25, -0.2) is 4.79 Å². The van der Waals surface area contributed by atoms with E-state index in [4.69, 9.17) is 4.74 Å². The number of ether oxygens (including phenoxy) is 1. The van der Waals surface area contributed by atoms with Gasteiger partial charge in [-0.1, -0.05) is 0 Å². The lowest BCUT2D eigenvalue weighted by atomic mass is 10.2. The molecule has 2 aromatic carbocycles. The Morgan fingerprint density at radius 1 is 1.04 bits per heavy atom. The van der Waals surface area contributed by atoms with Crippen LogP contribution < -0.4 is 4.90 Å². The van der Waals surface area contributed by atoms with Crippen molar-refractivity contribution < 1.29 is 9.53 Å². The average Bonchev–Trinajstić information content (AvgIpc) is 3.04. The number of anilines is 1. The SMILES string of the molecule is CCOC(=O)c1cc2cc(/N=N/c3ccc(N(C)C)cc3)ccc2[nH]1. The predicted octanol–water partition coefficient (Wildman–Crippen LogP) is 4.83. The summed E-state index contributed by atoms with van der Waals surface area (Å²) in [5.41, 5.74) is 3.91. The van der Waals surface area contributed by atoms with Gasteiger partial charge in [-0.15, -0.1) is 0 Å². The predicted molar refractivity (Wildman–Crippen MR) is 99.2 cm³/mol.